The van der Waals surface area contributed by atoms with Gasteiger partial charge >= 0.3 is 11.9 Å². The molecule has 4 nitrogen and oxygen atoms in total. The molecule has 20 heavy (non-hydrogen) atoms. The zero-order valence-electron chi connectivity index (χ0n) is 13.6. The lowest BCUT2D eigenvalue weighted by molar-refractivity contribution is -0.174. The van der Waals surface area contributed by atoms with Crippen LogP contribution in [0.25, 0.3) is 0 Å². The summed E-state index contributed by atoms with van der Waals surface area (Å²) in [4.78, 5) is 24.1. The Morgan fingerprint density at radius 3 is 2.15 bits per heavy atom. The van der Waals surface area contributed by atoms with Crippen LogP contribution in [0.15, 0.2) is 0 Å². The lowest BCUT2D eigenvalue weighted by atomic mass is 9.69. The zero-order valence-corrected chi connectivity index (χ0v) is 13.6. The number of aliphatic carboxylic acids is 1. The maximum absolute atomic E-state index is 12.3. The van der Waals surface area contributed by atoms with E-state index in [-0.39, 0.29) is 18.4 Å². The van der Waals surface area contributed by atoms with Crippen LogP contribution in [0, 0.1) is 17.3 Å². The number of carboxylic acid groups (broad SMARTS) is 1. The van der Waals surface area contributed by atoms with E-state index < -0.39 is 17.4 Å². The van der Waals surface area contributed by atoms with Crippen molar-refractivity contribution in [3.63, 3.8) is 0 Å². The molecule has 0 aromatic heterocycles. The monoisotopic (exact) mass is 286 g/mol. The number of hydrogen-bond donors (Lipinski definition) is 1. The molecule has 0 amide bonds. The lowest BCUT2D eigenvalue weighted by Gasteiger charge is -2.34. The summed E-state index contributed by atoms with van der Waals surface area (Å²) in [5.41, 5.74) is -1.41. The van der Waals surface area contributed by atoms with Gasteiger partial charge in [0.1, 0.15) is 0 Å². The SMILES string of the molecule is CCCCC(CC)CC(C(=O)O)(C(=O)OCC)C(C)C. The Morgan fingerprint density at radius 1 is 1.20 bits per heavy atom. The number of carbonyl (C=O) groups is 2. The van der Waals surface area contributed by atoms with E-state index in [1.54, 1.807) is 20.8 Å². The Morgan fingerprint density at radius 2 is 1.80 bits per heavy atom. The molecule has 0 aliphatic rings. The summed E-state index contributed by atoms with van der Waals surface area (Å²) in [6, 6.07) is 0. The van der Waals surface area contributed by atoms with Crippen LogP contribution in [0.4, 0.5) is 0 Å². The van der Waals surface area contributed by atoms with Crippen LogP contribution in [0.2, 0.25) is 0 Å². The second-order valence-electron chi connectivity index (χ2n) is 5.77. The second-order valence-corrected chi connectivity index (χ2v) is 5.77. The Kier molecular flexibility index (Phi) is 8.51. The summed E-state index contributed by atoms with van der Waals surface area (Å²) in [5.74, 6) is -1.68. The van der Waals surface area contributed by atoms with Gasteiger partial charge in [0, 0.05) is 0 Å². The fourth-order valence-corrected chi connectivity index (χ4v) is 2.63. The predicted octanol–water partition coefficient (Wildman–Crippen LogP) is 3.88. The molecule has 1 N–H and O–H groups in total. The molecule has 4 heteroatoms. The first-order valence-corrected chi connectivity index (χ1v) is 7.77. The van der Waals surface area contributed by atoms with Crippen LogP contribution in [0.3, 0.4) is 0 Å². The maximum atomic E-state index is 12.3. The van der Waals surface area contributed by atoms with Crippen LogP contribution in [0.1, 0.15) is 66.7 Å². The molecule has 2 atom stereocenters. The van der Waals surface area contributed by atoms with Crippen molar-refractivity contribution in [3.8, 4) is 0 Å². The molecule has 0 aromatic carbocycles. The van der Waals surface area contributed by atoms with Gasteiger partial charge in [0.2, 0.25) is 0 Å². The van der Waals surface area contributed by atoms with Crippen molar-refractivity contribution in [2.24, 2.45) is 17.3 Å². The normalized spacial score (nSPS) is 15.7. The molecule has 0 spiro atoms. The third-order valence-electron chi connectivity index (χ3n) is 4.16. The third-order valence-corrected chi connectivity index (χ3v) is 4.16. The van der Waals surface area contributed by atoms with Gasteiger partial charge in [-0.25, -0.2) is 0 Å². The number of rotatable bonds is 10. The quantitative estimate of drug-likeness (QED) is 0.489. The molecule has 0 saturated heterocycles. The molecule has 0 bridgehead atoms. The third kappa shape index (κ3) is 4.50. The van der Waals surface area contributed by atoms with Gasteiger partial charge in [-0.2, -0.15) is 0 Å². The average molecular weight is 286 g/mol. The van der Waals surface area contributed by atoms with Gasteiger partial charge in [0.05, 0.1) is 6.61 Å². The van der Waals surface area contributed by atoms with E-state index in [0.29, 0.717) is 6.42 Å². The van der Waals surface area contributed by atoms with Crippen LogP contribution >= 0.6 is 0 Å². The summed E-state index contributed by atoms with van der Waals surface area (Å²) in [7, 11) is 0. The smallest absolute Gasteiger partial charge is 0.323 e. The van der Waals surface area contributed by atoms with Gasteiger partial charge in [-0.3, -0.25) is 9.59 Å². The highest BCUT2D eigenvalue weighted by atomic mass is 16.5. The second kappa shape index (κ2) is 8.98. The standard InChI is InChI=1S/C16H30O4/c1-6-9-10-13(7-2)11-16(12(4)5,14(17)18)15(19)20-8-3/h12-13H,6-11H2,1-5H3,(H,17,18). The fraction of sp³-hybridized carbons (Fsp3) is 0.875. The van der Waals surface area contributed by atoms with Crippen LogP contribution in [-0.4, -0.2) is 23.7 Å². The fourth-order valence-electron chi connectivity index (χ4n) is 2.63. The van der Waals surface area contributed by atoms with E-state index in [4.69, 9.17) is 4.74 Å². The highest BCUT2D eigenvalue weighted by molar-refractivity contribution is 5.99. The molecule has 2 unspecified atom stereocenters. The number of unbranched alkanes of at least 4 members (excludes halogenated alkanes) is 1. The first-order valence-electron chi connectivity index (χ1n) is 7.77. The number of carboxylic acids is 1. The molecule has 0 aliphatic carbocycles. The molecular weight excluding hydrogens is 256 g/mol. The highest BCUT2D eigenvalue weighted by Gasteiger charge is 2.51. The first-order chi connectivity index (χ1) is 9.36. The number of carbonyl (C=O) groups excluding carboxylic acids is 1. The average Bonchev–Trinajstić information content (AvgIpc) is 2.38. The van der Waals surface area contributed by atoms with E-state index in [1.807, 2.05) is 0 Å². The highest BCUT2D eigenvalue weighted by Crippen LogP contribution is 2.39. The van der Waals surface area contributed by atoms with Crippen molar-refractivity contribution in [1.29, 1.82) is 0 Å². The summed E-state index contributed by atoms with van der Waals surface area (Å²) in [6.07, 6.45) is 4.37. The summed E-state index contributed by atoms with van der Waals surface area (Å²) < 4.78 is 5.06. The van der Waals surface area contributed by atoms with Crippen molar-refractivity contribution in [3.05, 3.63) is 0 Å². The summed E-state index contributed by atoms with van der Waals surface area (Å²) in [5, 5.41) is 9.66. The first kappa shape index (κ1) is 18.9. The van der Waals surface area contributed by atoms with Crippen molar-refractivity contribution in [1.82, 2.24) is 0 Å². The van der Waals surface area contributed by atoms with E-state index >= 15 is 0 Å². The molecule has 0 saturated carbocycles. The molecule has 0 rings (SSSR count). The topological polar surface area (TPSA) is 63.6 Å². The van der Waals surface area contributed by atoms with E-state index in [2.05, 4.69) is 13.8 Å². The van der Waals surface area contributed by atoms with Crippen LogP contribution in [-0.2, 0) is 14.3 Å². The Hall–Kier alpha value is -1.06. The summed E-state index contributed by atoms with van der Waals surface area (Å²) in [6.45, 7) is 9.67. The van der Waals surface area contributed by atoms with Crippen molar-refractivity contribution < 1.29 is 19.4 Å². The Balaban J connectivity index is 5.28. The number of hydrogen-bond acceptors (Lipinski definition) is 3. The molecular formula is C16H30O4. The van der Waals surface area contributed by atoms with E-state index in [9.17, 15) is 14.7 Å². The largest absolute Gasteiger partial charge is 0.480 e. The lowest BCUT2D eigenvalue weighted by Crippen LogP contribution is -2.46. The van der Waals surface area contributed by atoms with Gasteiger partial charge < -0.3 is 9.84 Å². The molecule has 118 valence electrons. The molecule has 0 aromatic rings. The van der Waals surface area contributed by atoms with Gasteiger partial charge in [-0.05, 0) is 25.2 Å². The van der Waals surface area contributed by atoms with Gasteiger partial charge in [-0.1, -0.05) is 53.4 Å². The Labute approximate surface area is 122 Å². The Bertz CT molecular complexity index is 312. The summed E-state index contributed by atoms with van der Waals surface area (Å²) >= 11 is 0. The van der Waals surface area contributed by atoms with Crippen LogP contribution < -0.4 is 0 Å². The van der Waals surface area contributed by atoms with Crippen LogP contribution in [0.5, 0.6) is 0 Å². The van der Waals surface area contributed by atoms with Gasteiger partial charge in [-0.15, -0.1) is 0 Å². The minimum absolute atomic E-state index is 0.215. The molecule has 0 aliphatic heterocycles. The van der Waals surface area contributed by atoms with Crippen molar-refractivity contribution in [2.75, 3.05) is 6.61 Å². The molecule has 0 fully saturated rings. The maximum Gasteiger partial charge on any atom is 0.323 e. The number of ether oxygens (including phenoxy) is 1. The minimum Gasteiger partial charge on any atom is -0.480 e. The van der Waals surface area contributed by atoms with E-state index in [1.165, 1.54) is 0 Å². The van der Waals surface area contributed by atoms with Crippen molar-refractivity contribution >= 4 is 11.9 Å². The van der Waals surface area contributed by atoms with Crippen molar-refractivity contribution in [2.45, 2.75) is 66.7 Å². The van der Waals surface area contributed by atoms with Gasteiger partial charge in [0.15, 0.2) is 5.41 Å². The molecule has 0 heterocycles. The molecule has 0 radical (unpaired) electrons. The zero-order chi connectivity index (χ0) is 15.8. The minimum atomic E-state index is -1.41. The number of esters is 1. The predicted molar refractivity (Wildman–Crippen MR) is 79.5 cm³/mol. The van der Waals surface area contributed by atoms with Gasteiger partial charge in [0.25, 0.3) is 0 Å². The van der Waals surface area contributed by atoms with E-state index in [0.717, 1.165) is 25.7 Å².